The first-order valence-corrected chi connectivity index (χ1v) is 29.9. The van der Waals surface area contributed by atoms with Crippen molar-refractivity contribution in [3.63, 3.8) is 0 Å². The second-order valence-electron chi connectivity index (χ2n) is 24.4. The largest absolute Gasteiger partial charge is 0.416 e. The summed E-state index contributed by atoms with van der Waals surface area (Å²) in [5, 5.41) is 0. The summed E-state index contributed by atoms with van der Waals surface area (Å²) < 4.78 is 86.3. The fraction of sp³-hybridized carbons (Fsp3) is 0.143. The van der Waals surface area contributed by atoms with Gasteiger partial charge in [0.05, 0.1) is 33.5 Å². The van der Waals surface area contributed by atoms with Gasteiger partial charge in [0, 0.05) is 50.7 Å². The Labute approximate surface area is 502 Å². The number of fused-ring (bicyclic) bond motifs is 3. The molecule has 4 aliphatic heterocycles. The minimum Gasteiger partial charge on any atom is -0.334 e. The molecule has 3 nitrogen and oxygen atoms in total. The van der Waals surface area contributed by atoms with Gasteiger partial charge in [-0.15, -0.1) is 0 Å². The lowest BCUT2D eigenvalue weighted by molar-refractivity contribution is -0.138. The summed E-state index contributed by atoms with van der Waals surface area (Å²) in [5.74, 6) is 0. The van der Waals surface area contributed by atoms with Crippen molar-refractivity contribution >= 4 is 68.6 Å². The fourth-order valence-electron chi connectivity index (χ4n) is 16.1. The fourth-order valence-corrected chi connectivity index (χ4v) is 16.1. The Bertz CT molecular complexity index is 4320. The summed E-state index contributed by atoms with van der Waals surface area (Å²) in [6.45, 7) is 4.54. The minimum absolute atomic E-state index is 0.271. The molecule has 5 aliphatic rings. The van der Waals surface area contributed by atoms with E-state index < -0.39 is 34.4 Å². The summed E-state index contributed by atoms with van der Waals surface area (Å²) in [6, 6.07) is 84.0. The van der Waals surface area contributed by atoms with Gasteiger partial charge < -0.3 is 14.7 Å². The van der Waals surface area contributed by atoms with E-state index in [-0.39, 0.29) is 12.1 Å². The zero-order valence-corrected chi connectivity index (χ0v) is 47.8. The van der Waals surface area contributed by atoms with Crippen molar-refractivity contribution in [1.82, 2.24) is 0 Å². The zero-order chi connectivity index (χ0) is 59.2. The number of hydrogen-bond donors (Lipinski definition) is 0. The van der Waals surface area contributed by atoms with E-state index >= 15 is 0 Å². The molecule has 1 fully saturated rings. The van der Waals surface area contributed by atoms with Gasteiger partial charge >= 0.3 is 12.4 Å². The molecule has 2 unspecified atom stereocenters. The predicted molar refractivity (Wildman–Crippen MR) is 341 cm³/mol. The molecule has 11 aromatic carbocycles. The molecule has 1 saturated carbocycles. The van der Waals surface area contributed by atoms with E-state index in [1.54, 1.807) is 24.3 Å². The van der Waals surface area contributed by atoms with Gasteiger partial charge in [0.25, 0.3) is 6.71 Å². The Kier molecular flexibility index (Phi) is 11.7. The topological polar surface area (TPSA) is 9.72 Å². The Balaban J connectivity index is 1.05. The van der Waals surface area contributed by atoms with Gasteiger partial charge in [-0.05, 0) is 159 Å². The number of alkyl halides is 6. The highest BCUT2D eigenvalue weighted by atomic mass is 19.4. The molecule has 1 aliphatic carbocycles. The van der Waals surface area contributed by atoms with Crippen molar-refractivity contribution in [2.45, 2.75) is 68.3 Å². The Morgan fingerprint density at radius 2 is 0.793 bits per heavy atom. The first-order valence-electron chi connectivity index (χ1n) is 29.9. The molecular formula is C77H56BF6N3. The predicted octanol–water partition coefficient (Wildman–Crippen LogP) is 19.2. The second kappa shape index (κ2) is 19.2. The molecule has 87 heavy (non-hydrogen) atoms. The molecule has 11 aromatic rings. The van der Waals surface area contributed by atoms with Crippen LogP contribution in [-0.2, 0) is 23.2 Å². The van der Waals surface area contributed by atoms with E-state index in [4.69, 9.17) is 0 Å². The summed E-state index contributed by atoms with van der Waals surface area (Å²) in [7, 11) is 0. The van der Waals surface area contributed by atoms with Crippen LogP contribution in [-0.4, -0.2) is 12.3 Å². The number of halogens is 6. The Morgan fingerprint density at radius 3 is 1.29 bits per heavy atom. The molecule has 0 radical (unpaired) electrons. The third-order valence-electron chi connectivity index (χ3n) is 20.1. The number of para-hydroxylation sites is 2. The normalized spacial score (nSPS) is 18.5. The van der Waals surface area contributed by atoms with E-state index in [1.807, 2.05) is 54.6 Å². The highest BCUT2D eigenvalue weighted by Crippen LogP contribution is 2.63. The van der Waals surface area contributed by atoms with Gasteiger partial charge in [-0.3, -0.25) is 0 Å². The van der Waals surface area contributed by atoms with Gasteiger partial charge in [-0.1, -0.05) is 202 Å². The van der Waals surface area contributed by atoms with Crippen LogP contribution in [0.15, 0.2) is 255 Å². The zero-order valence-electron chi connectivity index (χ0n) is 47.8. The number of hydrogen-bond acceptors (Lipinski definition) is 3. The molecule has 424 valence electrons. The highest BCUT2D eigenvalue weighted by Gasteiger charge is 2.60. The van der Waals surface area contributed by atoms with Crippen LogP contribution in [0.2, 0.25) is 0 Å². The van der Waals surface area contributed by atoms with E-state index in [0.717, 1.165) is 132 Å². The number of benzene rings is 11. The van der Waals surface area contributed by atoms with Gasteiger partial charge in [-0.25, -0.2) is 0 Å². The molecule has 10 heteroatoms. The van der Waals surface area contributed by atoms with Crippen LogP contribution in [0, 0.1) is 0 Å². The van der Waals surface area contributed by atoms with Gasteiger partial charge in [0.1, 0.15) is 0 Å². The monoisotopic (exact) mass is 1150 g/mol. The lowest BCUT2D eigenvalue weighted by Gasteiger charge is -2.53. The van der Waals surface area contributed by atoms with Crippen LogP contribution in [0.3, 0.4) is 0 Å². The minimum atomic E-state index is -4.53. The SMILES string of the molecule is CC12CCCCC1(C)N(c1cc3c4c(c1)N(c1ccccc1-c1ccc(C(F)(F)F)cc1)c1cccc5c1B4c1c(cccc1C5(c1ccccc1)c1ccccc1)N3c1ccccc1-c1ccc(C(F)(F)F)cc1)c1ccc(-c3ccccc3)cc12. The highest BCUT2D eigenvalue weighted by molar-refractivity contribution is 7.01. The standard InChI is InChI=1S/C77H56BF6N3/c1-73-44-16-17-45-74(73,2)87(65-43-38-52(46-62(65)73)49-20-6-3-7-21-49)57-47-68-72-69(48-57)86(64-31-15-13-27-59(64)51-36-41-56(42-37-51)77(82,83)84)67-33-19-29-61-71(67)78(72)70-60(75(61,53-22-8-4-9-23-53)54-24-10-5-11-25-54)28-18-32-66(70)85(68)63-30-14-12-26-58(63)50-34-39-55(40-35-50)76(79,80)81/h3-15,18-43,46-48H,16-17,44-45H2,1-2H3. The van der Waals surface area contributed by atoms with Crippen LogP contribution in [0.5, 0.6) is 0 Å². The molecule has 16 rings (SSSR count). The first kappa shape index (κ1) is 53.0. The maximum absolute atomic E-state index is 14.4. The molecule has 4 heterocycles. The first-order chi connectivity index (χ1) is 42.2. The van der Waals surface area contributed by atoms with E-state index in [9.17, 15) is 26.3 Å². The van der Waals surface area contributed by atoms with Gasteiger partial charge in [-0.2, -0.15) is 26.3 Å². The van der Waals surface area contributed by atoms with Crippen molar-refractivity contribution in [3.05, 3.63) is 294 Å². The van der Waals surface area contributed by atoms with Crippen LogP contribution < -0.4 is 31.1 Å². The Morgan fingerprint density at radius 1 is 0.356 bits per heavy atom. The molecule has 0 bridgehead atoms. The van der Waals surface area contributed by atoms with Gasteiger partial charge in [0.15, 0.2) is 0 Å². The molecule has 0 aromatic heterocycles. The molecule has 2 atom stereocenters. The quantitative estimate of drug-likeness (QED) is 0.111. The molecule has 0 spiro atoms. The lowest BCUT2D eigenvalue weighted by atomic mass is 9.28. The van der Waals surface area contributed by atoms with Gasteiger partial charge in [0.2, 0.25) is 0 Å². The van der Waals surface area contributed by atoms with Crippen LogP contribution >= 0.6 is 0 Å². The van der Waals surface area contributed by atoms with E-state index in [0.29, 0.717) is 11.1 Å². The van der Waals surface area contributed by atoms with E-state index in [1.165, 1.54) is 29.8 Å². The van der Waals surface area contributed by atoms with Crippen molar-refractivity contribution in [3.8, 4) is 33.4 Å². The second-order valence-corrected chi connectivity index (χ2v) is 24.4. The molecule has 0 amide bonds. The van der Waals surface area contributed by atoms with E-state index in [2.05, 4.69) is 180 Å². The number of anilines is 8. The summed E-state index contributed by atoms with van der Waals surface area (Å²) in [6.07, 6.45) is -5.02. The van der Waals surface area contributed by atoms with Crippen molar-refractivity contribution < 1.29 is 26.3 Å². The lowest BCUT2D eigenvalue weighted by Crippen LogP contribution is -2.68. The van der Waals surface area contributed by atoms with Crippen molar-refractivity contribution in [1.29, 1.82) is 0 Å². The third-order valence-corrected chi connectivity index (χ3v) is 20.1. The van der Waals surface area contributed by atoms with Crippen LogP contribution in [0.4, 0.5) is 71.8 Å². The summed E-state index contributed by atoms with van der Waals surface area (Å²) in [5.41, 5.74) is 18.4. The van der Waals surface area contributed by atoms with Crippen LogP contribution in [0.1, 0.15) is 78.5 Å². The maximum atomic E-state index is 14.4. The molecule has 0 N–H and O–H groups in total. The molecular weight excluding hydrogens is 1090 g/mol. The van der Waals surface area contributed by atoms with Crippen molar-refractivity contribution in [2.24, 2.45) is 0 Å². The number of nitrogens with zero attached hydrogens (tertiary/aromatic N) is 3. The smallest absolute Gasteiger partial charge is 0.334 e. The average Bonchev–Trinajstić information content (AvgIpc) is 0.844. The average molecular weight is 1150 g/mol. The van der Waals surface area contributed by atoms with Crippen molar-refractivity contribution in [2.75, 3.05) is 14.7 Å². The third kappa shape index (κ3) is 7.65. The summed E-state index contributed by atoms with van der Waals surface area (Å²) in [4.78, 5) is 7.37. The van der Waals surface area contributed by atoms with Crippen LogP contribution in [0.25, 0.3) is 33.4 Å². The maximum Gasteiger partial charge on any atom is 0.416 e. The summed E-state index contributed by atoms with van der Waals surface area (Å²) >= 11 is 0. The molecule has 0 saturated heterocycles. The number of rotatable bonds is 8. The Hall–Kier alpha value is -9.54.